The van der Waals surface area contributed by atoms with Crippen LogP contribution in [-0.2, 0) is 4.79 Å². The molecular weight excluding hydrogens is 444 g/mol. The number of hydrogen-bond acceptors (Lipinski definition) is 8. The Kier molecular flexibility index (Phi) is 6.69. The van der Waals surface area contributed by atoms with Gasteiger partial charge in [-0.3, -0.25) is 4.79 Å². The highest BCUT2D eigenvalue weighted by Gasteiger charge is 2.33. The van der Waals surface area contributed by atoms with Crippen LogP contribution >= 0.6 is 11.6 Å². The summed E-state index contributed by atoms with van der Waals surface area (Å²) >= 11 is 6.27. The zero-order valence-corrected chi connectivity index (χ0v) is 19.8. The lowest BCUT2D eigenvalue weighted by Gasteiger charge is -2.25. The minimum absolute atomic E-state index is 0.109. The van der Waals surface area contributed by atoms with Crippen LogP contribution < -0.4 is 20.3 Å². The van der Waals surface area contributed by atoms with Gasteiger partial charge in [0.1, 0.15) is 35.0 Å². The molecule has 1 saturated heterocycles. The third kappa shape index (κ3) is 5.19. The zero-order valence-electron chi connectivity index (χ0n) is 19.1. The summed E-state index contributed by atoms with van der Waals surface area (Å²) in [4.78, 5) is 24.4. The van der Waals surface area contributed by atoms with Crippen molar-refractivity contribution in [1.82, 2.24) is 15.1 Å². The summed E-state index contributed by atoms with van der Waals surface area (Å²) in [5.41, 5.74) is 0.775. The van der Waals surface area contributed by atoms with Gasteiger partial charge in [-0.05, 0) is 38.0 Å². The summed E-state index contributed by atoms with van der Waals surface area (Å²) in [7, 11) is 1.58. The maximum absolute atomic E-state index is 13.0. The zero-order chi connectivity index (χ0) is 23.5. The standard InChI is InChI=1S/C23H27ClN6O3/c1-13(2)22-26-19(25-15-7-8-18(32-4)16(24)11-15)12-21(28-22)30-9-5-6-17(30)23(31)27-20-10-14(3)33-29-20/h7-8,10-13,17H,5-6,9H2,1-4H3,(H,25,26,28)(H,27,29,31)/t17-/m0/s1. The van der Waals surface area contributed by atoms with Crippen LogP contribution in [-0.4, -0.2) is 40.7 Å². The van der Waals surface area contributed by atoms with E-state index >= 15 is 0 Å². The monoisotopic (exact) mass is 470 g/mol. The Morgan fingerprint density at radius 3 is 2.73 bits per heavy atom. The van der Waals surface area contributed by atoms with E-state index in [-0.39, 0.29) is 17.9 Å². The van der Waals surface area contributed by atoms with Crippen LogP contribution in [0.25, 0.3) is 0 Å². The highest BCUT2D eigenvalue weighted by molar-refractivity contribution is 6.32. The predicted molar refractivity (Wildman–Crippen MR) is 128 cm³/mol. The number of benzene rings is 1. The third-order valence-electron chi connectivity index (χ3n) is 5.40. The van der Waals surface area contributed by atoms with E-state index in [0.29, 0.717) is 39.8 Å². The molecule has 0 spiro atoms. The van der Waals surface area contributed by atoms with Crippen molar-refractivity contribution in [3.63, 3.8) is 0 Å². The molecule has 33 heavy (non-hydrogen) atoms. The van der Waals surface area contributed by atoms with Gasteiger partial charge in [-0.2, -0.15) is 0 Å². The molecule has 1 fully saturated rings. The first kappa shape index (κ1) is 22.8. The van der Waals surface area contributed by atoms with E-state index in [2.05, 4.69) is 20.8 Å². The Morgan fingerprint density at radius 1 is 1.24 bits per heavy atom. The first-order chi connectivity index (χ1) is 15.8. The van der Waals surface area contributed by atoms with Crippen molar-refractivity contribution < 1.29 is 14.1 Å². The van der Waals surface area contributed by atoms with Gasteiger partial charge in [-0.15, -0.1) is 0 Å². The Balaban J connectivity index is 1.60. The number of aromatic nitrogens is 3. The number of anilines is 4. The van der Waals surface area contributed by atoms with Crippen molar-refractivity contribution in [2.45, 2.75) is 45.6 Å². The molecule has 4 rings (SSSR count). The molecule has 0 bridgehead atoms. The van der Waals surface area contributed by atoms with E-state index in [1.165, 1.54) is 0 Å². The van der Waals surface area contributed by atoms with Crippen LogP contribution in [0.5, 0.6) is 5.75 Å². The van der Waals surface area contributed by atoms with Gasteiger partial charge in [-0.25, -0.2) is 9.97 Å². The van der Waals surface area contributed by atoms with Gasteiger partial charge in [0.15, 0.2) is 5.82 Å². The van der Waals surface area contributed by atoms with Crippen molar-refractivity contribution in [3.8, 4) is 5.75 Å². The van der Waals surface area contributed by atoms with Crippen LogP contribution in [0.1, 0.15) is 44.2 Å². The van der Waals surface area contributed by atoms with E-state index in [4.69, 9.17) is 25.8 Å². The summed E-state index contributed by atoms with van der Waals surface area (Å²) in [6.07, 6.45) is 1.61. The van der Waals surface area contributed by atoms with Crippen molar-refractivity contribution in [1.29, 1.82) is 0 Å². The second kappa shape index (κ2) is 9.66. The van der Waals surface area contributed by atoms with Gasteiger partial charge >= 0.3 is 0 Å². The second-order valence-electron chi connectivity index (χ2n) is 8.26. The fourth-order valence-electron chi connectivity index (χ4n) is 3.76. The van der Waals surface area contributed by atoms with E-state index in [9.17, 15) is 4.79 Å². The van der Waals surface area contributed by atoms with Gasteiger partial charge in [0, 0.05) is 30.3 Å². The lowest BCUT2D eigenvalue weighted by molar-refractivity contribution is -0.117. The number of ether oxygens (including phenoxy) is 1. The van der Waals surface area contributed by atoms with E-state index < -0.39 is 0 Å². The Labute approximate surface area is 197 Å². The summed E-state index contributed by atoms with van der Waals surface area (Å²) in [5.74, 6) is 3.64. The highest BCUT2D eigenvalue weighted by atomic mass is 35.5. The molecule has 174 valence electrons. The van der Waals surface area contributed by atoms with E-state index in [1.807, 2.05) is 30.9 Å². The van der Waals surface area contributed by atoms with Crippen molar-refractivity contribution >= 4 is 40.6 Å². The van der Waals surface area contributed by atoms with Crippen molar-refractivity contribution in [2.75, 3.05) is 29.2 Å². The first-order valence-corrected chi connectivity index (χ1v) is 11.2. The molecule has 2 aromatic heterocycles. The van der Waals surface area contributed by atoms with Gasteiger partial charge in [0.2, 0.25) is 5.91 Å². The maximum atomic E-state index is 13.0. The van der Waals surface area contributed by atoms with Gasteiger partial charge in [-0.1, -0.05) is 30.6 Å². The van der Waals surface area contributed by atoms with Crippen LogP contribution in [0.3, 0.4) is 0 Å². The number of halogens is 1. The number of nitrogens with one attached hydrogen (secondary N) is 2. The van der Waals surface area contributed by atoms with Crippen LogP contribution in [0.15, 0.2) is 34.9 Å². The molecule has 1 aliphatic rings. The van der Waals surface area contributed by atoms with Crippen LogP contribution in [0.4, 0.5) is 23.1 Å². The number of rotatable bonds is 7. The number of carbonyl (C=O) groups is 1. The maximum Gasteiger partial charge on any atom is 0.248 e. The third-order valence-corrected chi connectivity index (χ3v) is 5.69. The lowest BCUT2D eigenvalue weighted by Crippen LogP contribution is -2.40. The molecule has 1 aliphatic heterocycles. The van der Waals surface area contributed by atoms with E-state index in [0.717, 1.165) is 25.1 Å². The number of methoxy groups -OCH3 is 1. The molecule has 3 heterocycles. The predicted octanol–water partition coefficient (Wildman–Crippen LogP) is 4.91. The molecule has 10 heteroatoms. The number of amides is 1. The van der Waals surface area contributed by atoms with Gasteiger partial charge < -0.3 is 24.8 Å². The Hall–Kier alpha value is -3.33. The minimum atomic E-state index is -0.361. The smallest absolute Gasteiger partial charge is 0.248 e. The van der Waals surface area contributed by atoms with Gasteiger partial charge in [0.25, 0.3) is 0 Å². The summed E-state index contributed by atoms with van der Waals surface area (Å²) in [6.45, 7) is 6.57. The molecular formula is C23H27ClN6O3. The number of aryl methyl sites for hydroxylation is 1. The Bertz CT molecular complexity index is 1150. The molecule has 3 aromatic rings. The average Bonchev–Trinajstić information content (AvgIpc) is 3.43. The summed E-state index contributed by atoms with van der Waals surface area (Å²) < 4.78 is 10.3. The Morgan fingerprint density at radius 2 is 2.06 bits per heavy atom. The summed E-state index contributed by atoms with van der Waals surface area (Å²) in [5, 5.41) is 10.5. The van der Waals surface area contributed by atoms with Crippen molar-refractivity contribution in [2.24, 2.45) is 0 Å². The minimum Gasteiger partial charge on any atom is -0.495 e. The fourth-order valence-corrected chi connectivity index (χ4v) is 4.02. The topological polar surface area (TPSA) is 105 Å². The first-order valence-electron chi connectivity index (χ1n) is 10.8. The number of nitrogens with zero attached hydrogens (tertiary/aromatic N) is 4. The molecule has 1 aromatic carbocycles. The molecule has 0 unspecified atom stereocenters. The normalized spacial score (nSPS) is 15.7. The van der Waals surface area contributed by atoms with Crippen molar-refractivity contribution in [3.05, 3.63) is 46.9 Å². The molecule has 1 atom stereocenters. The quantitative estimate of drug-likeness (QED) is 0.501. The van der Waals surface area contributed by atoms with Crippen LogP contribution in [0, 0.1) is 6.92 Å². The number of carbonyl (C=O) groups excluding carboxylic acids is 1. The lowest BCUT2D eigenvalue weighted by atomic mass is 10.2. The van der Waals surface area contributed by atoms with Gasteiger partial charge in [0.05, 0.1) is 12.1 Å². The fraction of sp³-hybridized carbons (Fsp3) is 0.391. The second-order valence-corrected chi connectivity index (χ2v) is 8.67. The molecule has 2 N–H and O–H groups in total. The molecule has 0 aliphatic carbocycles. The average molecular weight is 471 g/mol. The molecule has 9 nitrogen and oxygen atoms in total. The SMILES string of the molecule is COc1ccc(Nc2cc(N3CCC[C@H]3C(=O)Nc3cc(C)on3)nc(C(C)C)n2)cc1Cl. The number of hydrogen-bond donors (Lipinski definition) is 2. The molecule has 1 amide bonds. The highest BCUT2D eigenvalue weighted by Crippen LogP contribution is 2.31. The van der Waals surface area contributed by atoms with Crippen LogP contribution in [0.2, 0.25) is 5.02 Å². The molecule has 0 saturated carbocycles. The van der Waals surface area contributed by atoms with E-state index in [1.54, 1.807) is 32.2 Å². The summed E-state index contributed by atoms with van der Waals surface area (Å²) in [6, 6.07) is 8.64. The molecule has 0 radical (unpaired) electrons. The largest absolute Gasteiger partial charge is 0.495 e.